The first-order valence-corrected chi connectivity index (χ1v) is 10.4. The first kappa shape index (κ1) is 21.3. The van der Waals surface area contributed by atoms with Crippen molar-refractivity contribution in [1.29, 1.82) is 0 Å². The van der Waals surface area contributed by atoms with Crippen molar-refractivity contribution >= 4 is 22.6 Å². The summed E-state index contributed by atoms with van der Waals surface area (Å²) < 4.78 is 6.37. The van der Waals surface area contributed by atoms with Crippen LogP contribution in [0.4, 0.5) is 5.69 Å². The summed E-state index contributed by atoms with van der Waals surface area (Å²) in [4.78, 5) is 28.8. The van der Waals surface area contributed by atoms with E-state index in [4.69, 9.17) is 4.42 Å². The second-order valence-corrected chi connectivity index (χ2v) is 8.06. The topological polar surface area (TPSA) is 92.4 Å². The van der Waals surface area contributed by atoms with Crippen molar-refractivity contribution in [3.05, 3.63) is 92.9 Å². The lowest BCUT2D eigenvalue weighted by Gasteiger charge is -2.19. The van der Waals surface area contributed by atoms with Gasteiger partial charge in [-0.2, -0.15) is 0 Å². The number of aromatic carboxylic acids is 1. The van der Waals surface area contributed by atoms with Crippen LogP contribution in [-0.4, -0.2) is 16.1 Å². The fourth-order valence-electron chi connectivity index (χ4n) is 3.95. The molecule has 2 aromatic heterocycles. The molecule has 162 valence electrons. The van der Waals surface area contributed by atoms with Gasteiger partial charge in [-0.15, -0.1) is 0 Å². The Balaban J connectivity index is 1.90. The summed E-state index contributed by atoms with van der Waals surface area (Å²) in [5.41, 5.74) is 4.91. The van der Waals surface area contributed by atoms with Gasteiger partial charge in [0.15, 0.2) is 11.1 Å². The smallest absolute Gasteiger partial charge is 0.356 e. The van der Waals surface area contributed by atoms with E-state index in [1.165, 1.54) is 6.20 Å². The van der Waals surface area contributed by atoms with Gasteiger partial charge in [-0.25, -0.2) is 9.78 Å². The van der Waals surface area contributed by atoms with E-state index in [1.807, 2.05) is 57.2 Å². The van der Waals surface area contributed by atoms with Crippen LogP contribution >= 0.6 is 0 Å². The minimum Gasteiger partial charge on any atom is -0.476 e. The zero-order valence-electron chi connectivity index (χ0n) is 18.4. The fourth-order valence-corrected chi connectivity index (χ4v) is 3.95. The molecule has 0 aliphatic heterocycles. The van der Waals surface area contributed by atoms with Crippen molar-refractivity contribution in [1.82, 2.24) is 4.98 Å². The molecule has 1 atom stereocenters. The molecule has 1 unspecified atom stereocenters. The van der Waals surface area contributed by atoms with Gasteiger partial charge in [0, 0.05) is 22.9 Å². The molecule has 0 bridgehead atoms. The van der Waals surface area contributed by atoms with Crippen molar-refractivity contribution in [2.24, 2.45) is 0 Å². The molecule has 0 saturated heterocycles. The van der Waals surface area contributed by atoms with E-state index in [1.54, 1.807) is 19.1 Å². The number of nitrogens with one attached hydrogen (secondary N) is 1. The highest BCUT2D eigenvalue weighted by Gasteiger charge is 2.20. The number of aryl methyl sites for hydroxylation is 2. The lowest BCUT2D eigenvalue weighted by Crippen LogP contribution is -2.14. The zero-order valence-corrected chi connectivity index (χ0v) is 18.4. The number of carbonyl (C=O) groups is 1. The van der Waals surface area contributed by atoms with E-state index in [-0.39, 0.29) is 17.2 Å². The number of carboxylic acids is 1. The van der Waals surface area contributed by atoms with Crippen molar-refractivity contribution in [2.75, 3.05) is 5.32 Å². The molecule has 0 radical (unpaired) electrons. The summed E-state index contributed by atoms with van der Waals surface area (Å²) in [7, 11) is 0. The number of hydrogen-bond acceptors (Lipinski definition) is 5. The highest BCUT2D eigenvalue weighted by Crippen LogP contribution is 2.32. The molecule has 2 heterocycles. The maximum atomic E-state index is 13.3. The predicted octanol–water partition coefficient (Wildman–Crippen LogP) is 5.65. The van der Waals surface area contributed by atoms with Crippen LogP contribution in [0, 0.1) is 20.8 Å². The number of pyridine rings is 1. The minimum atomic E-state index is -1.11. The minimum absolute atomic E-state index is 0.0611. The molecule has 6 nitrogen and oxygen atoms in total. The molecule has 0 saturated carbocycles. The number of benzene rings is 2. The normalized spacial score (nSPS) is 12.0. The van der Waals surface area contributed by atoms with Crippen LogP contribution in [0.25, 0.3) is 22.3 Å². The van der Waals surface area contributed by atoms with Crippen LogP contribution < -0.4 is 10.7 Å². The third kappa shape index (κ3) is 3.87. The second-order valence-electron chi connectivity index (χ2n) is 8.06. The highest BCUT2D eigenvalue weighted by molar-refractivity contribution is 5.92. The van der Waals surface area contributed by atoms with Crippen molar-refractivity contribution in [3.63, 3.8) is 0 Å². The maximum Gasteiger partial charge on any atom is 0.356 e. The SMILES string of the molecule is Cc1cccc(-c2oc3c(C(C)Nc4cccnc4C(=O)O)cc(C)cc3c(=O)c2C)c1. The van der Waals surface area contributed by atoms with Crippen LogP contribution in [-0.2, 0) is 0 Å². The van der Waals surface area contributed by atoms with Crippen molar-refractivity contribution in [3.8, 4) is 11.3 Å². The third-order valence-electron chi connectivity index (χ3n) is 5.52. The highest BCUT2D eigenvalue weighted by atomic mass is 16.4. The summed E-state index contributed by atoms with van der Waals surface area (Å²) in [6.07, 6.45) is 1.44. The Morgan fingerprint density at radius 3 is 2.56 bits per heavy atom. The summed E-state index contributed by atoms with van der Waals surface area (Å²) >= 11 is 0. The molecule has 32 heavy (non-hydrogen) atoms. The quantitative estimate of drug-likeness (QED) is 0.427. The molecular weight excluding hydrogens is 404 g/mol. The predicted molar refractivity (Wildman–Crippen MR) is 125 cm³/mol. The molecule has 2 aromatic carbocycles. The monoisotopic (exact) mass is 428 g/mol. The average Bonchev–Trinajstić information content (AvgIpc) is 2.76. The number of anilines is 1. The van der Waals surface area contributed by atoms with Gasteiger partial charge in [-0.1, -0.05) is 29.8 Å². The number of aromatic nitrogens is 1. The summed E-state index contributed by atoms with van der Waals surface area (Å²) in [5, 5.41) is 13.2. The van der Waals surface area contributed by atoms with Crippen molar-refractivity contribution < 1.29 is 14.3 Å². The van der Waals surface area contributed by atoms with E-state index in [0.29, 0.717) is 28.0 Å². The van der Waals surface area contributed by atoms with E-state index < -0.39 is 5.97 Å². The molecule has 0 aliphatic carbocycles. The van der Waals surface area contributed by atoms with Crippen molar-refractivity contribution in [2.45, 2.75) is 33.7 Å². The van der Waals surface area contributed by atoms with Crippen LogP contribution in [0.1, 0.15) is 45.7 Å². The summed E-state index contributed by atoms with van der Waals surface area (Å²) in [6, 6.07) is 14.6. The molecule has 0 aliphatic rings. The number of fused-ring (bicyclic) bond motifs is 1. The Bertz CT molecular complexity index is 1410. The Labute approximate surface area is 185 Å². The van der Waals surface area contributed by atoms with E-state index in [0.717, 1.165) is 22.3 Å². The van der Waals surface area contributed by atoms with Gasteiger partial charge in [0.25, 0.3) is 0 Å². The van der Waals surface area contributed by atoms with Gasteiger partial charge in [0.1, 0.15) is 11.3 Å². The number of rotatable bonds is 5. The molecule has 4 rings (SSSR count). The van der Waals surface area contributed by atoms with Crippen LogP contribution in [0.2, 0.25) is 0 Å². The summed E-state index contributed by atoms with van der Waals surface area (Å²) in [5.74, 6) is -0.575. The van der Waals surface area contributed by atoms with Crippen LogP contribution in [0.3, 0.4) is 0 Å². The van der Waals surface area contributed by atoms with Gasteiger partial charge in [-0.05, 0) is 57.5 Å². The summed E-state index contributed by atoms with van der Waals surface area (Å²) in [6.45, 7) is 7.60. The van der Waals surface area contributed by atoms with Crippen LogP contribution in [0.5, 0.6) is 0 Å². The third-order valence-corrected chi connectivity index (χ3v) is 5.52. The standard InChI is InChI=1S/C26H24N2O4/c1-14-7-5-8-18(11-14)24-16(3)23(29)20-13-15(2)12-19(25(20)32-24)17(4)28-21-9-6-10-27-22(21)26(30)31/h5-13,17,28H,1-4H3,(H,30,31). The second kappa shape index (κ2) is 8.30. The zero-order chi connectivity index (χ0) is 23.0. The van der Waals surface area contributed by atoms with Crippen LogP contribution in [0.15, 0.2) is 63.9 Å². The Hall–Kier alpha value is -3.93. The first-order valence-electron chi connectivity index (χ1n) is 10.4. The molecule has 2 N–H and O–H groups in total. The van der Waals surface area contributed by atoms with E-state index in [9.17, 15) is 14.7 Å². The molecule has 4 aromatic rings. The number of carboxylic acid groups (broad SMARTS) is 1. The molecule has 0 spiro atoms. The maximum absolute atomic E-state index is 13.3. The number of hydrogen-bond donors (Lipinski definition) is 2. The molecule has 0 fully saturated rings. The molecule has 0 amide bonds. The first-order chi connectivity index (χ1) is 15.3. The average molecular weight is 428 g/mol. The van der Waals surface area contributed by atoms with Gasteiger partial charge < -0.3 is 14.8 Å². The molecular formula is C26H24N2O4. The lowest BCUT2D eigenvalue weighted by molar-refractivity contribution is 0.0691. The van der Waals surface area contributed by atoms with E-state index in [2.05, 4.69) is 10.3 Å². The Morgan fingerprint density at radius 1 is 1.06 bits per heavy atom. The Kier molecular flexibility index (Phi) is 5.53. The van der Waals surface area contributed by atoms with E-state index >= 15 is 0 Å². The van der Waals surface area contributed by atoms with Gasteiger partial charge in [-0.3, -0.25) is 4.79 Å². The van der Waals surface area contributed by atoms with Gasteiger partial charge in [0.05, 0.1) is 17.1 Å². The number of nitrogens with zero attached hydrogens (tertiary/aromatic N) is 1. The van der Waals surface area contributed by atoms with Gasteiger partial charge >= 0.3 is 5.97 Å². The van der Waals surface area contributed by atoms with Gasteiger partial charge in [0.2, 0.25) is 0 Å². The largest absolute Gasteiger partial charge is 0.476 e. The molecule has 6 heteroatoms. The Morgan fingerprint density at radius 2 is 1.84 bits per heavy atom. The lowest BCUT2D eigenvalue weighted by atomic mass is 9.98. The fraction of sp³-hybridized carbons (Fsp3) is 0.192.